The minimum Gasteiger partial charge on any atom is -0.447 e. The number of amides is 1. The Hall–Kier alpha value is -2.64. The zero-order valence-corrected chi connectivity index (χ0v) is 12.9. The monoisotopic (exact) mass is 314 g/mol. The largest absolute Gasteiger partial charge is 0.447 e. The van der Waals surface area contributed by atoms with Crippen molar-refractivity contribution in [1.82, 2.24) is 24.6 Å². The Bertz CT molecular complexity index is 719. The predicted octanol–water partition coefficient (Wildman–Crippen LogP) is 1.08. The molecule has 0 radical (unpaired) electrons. The first-order valence-corrected chi connectivity index (χ1v) is 7.73. The minimum atomic E-state index is -0.258. The summed E-state index contributed by atoms with van der Waals surface area (Å²) >= 11 is 0. The number of piperazine rings is 1. The van der Waals surface area contributed by atoms with Gasteiger partial charge in [0.25, 0.3) is 0 Å². The van der Waals surface area contributed by atoms with Gasteiger partial charge >= 0.3 is 6.09 Å². The molecule has 2 aromatic heterocycles. The Kier molecular flexibility index (Phi) is 3.17. The number of rotatable bonds is 3. The number of fused-ring (bicyclic) bond motifs is 1. The average molecular weight is 314 g/mol. The van der Waals surface area contributed by atoms with Crippen LogP contribution in [-0.2, 0) is 4.74 Å². The van der Waals surface area contributed by atoms with Gasteiger partial charge in [0.1, 0.15) is 18.8 Å². The number of ether oxygens (including phenoxy) is 1. The second-order valence-electron chi connectivity index (χ2n) is 5.89. The van der Waals surface area contributed by atoms with Gasteiger partial charge in [-0.1, -0.05) is 6.92 Å². The quantitative estimate of drug-likeness (QED) is 0.844. The van der Waals surface area contributed by atoms with Crippen LogP contribution in [0.5, 0.6) is 0 Å². The molecule has 2 fully saturated rings. The summed E-state index contributed by atoms with van der Waals surface area (Å²) in [5.74, 6) is 1.57. The molecule has 1 unspecified atom stereocenters. The third-order valence-corrected chi connectivity index (χ3v) is 4.70. The molecule has 2 aliphatic heterocycles. The Labute approximate surface area is 133 Å². The lowest BCUT2D eigenvalue weighted by atomic mass is 9.93. The van der Waals surface area contributed by atoms with Gasteiger partial charge in [0.15, 0.2) is 5.82 Å². The molecule has 2 saturated heterocycles. The number of carbonyl (C=O) groups is 1. The number of nitrogens with zero attached hydrogens (tertiary/aromatic N) is 6. The van der Waals surface area contributed by atoms with E-state index in [1.807, 2.05) is 23.2 Å². The molecule has 0 saturated carbocycles. The fraction of sp³-hybridized carbons (Fsp3) is 0.467. The van der Waals surface area contributed by atoms with Crippen molar-refractivity contribution in [2.24, 2.45) is 0 Å². The first-order valence-electron chi connectivity index (χ1n) is 7.73. The van der Waals surface area contributed by atoms with Crippen LogP contribution in [0.4, 0.5) is 10.6 Å². The van der Waals surface area contributed by atoms with Crippen LogP contribution in [0.15, 0.2) is 30.9 Å². The van der Waals surface area contributed by atoms with E-state index in [1.54, 1.807) is 17.2 Å². The second-order valence-corrected chi connectivity index (χ2v) is 5.89. The van der Waals surface area contributed by atoms with Crippen LogP contribution in [0.3, 0.4) is 0 Å². The number of hydrogen-bond donors (Lipinski definition) is 0. The van der Waals surface area contributed by atoms with Crippen LogP contribution < -0.4 is 4.90 Å². The van der Waals surface area contributed by atoms with Gasteiger partial charge in [-0.05, 0) is 12.5 Å². The Morgan fingerprint density at radius 3 is 2.96 bits per heavy atom. The molecule has 120 valence electrons. The minimum absolute atomic E-state index is 0.202. The van der Waals surface area contributed by atoms with E-state index < -0.39 is 0 Å². The van der Waals surface area contributed by atoms with Crippen molar-refractivity contribution in [2.45, 2.75) is 18.9 Å². The summed E-state index contributed by atoms with van der Waals surface area (Å²) in [6.45, 7) is 4.62. The molecular formula is C15H18N6O2. The van der Waals surface area contributed by atoms with Crippen LogP contribution in [0, 0.1) is 0 Å². The van der Waals surface area contributed by atoms with Gasteiger partial charge in [-0.3, -0.25) is 4.90 Å². The van der Waals surface area contributed by atoms with Crippen LogP contribution in [0.25, 0.3) is 5.82 Å². The van der Waals surface area contributed by atoms with Crippen LogP contribution >= 0.6 is 0 Å². The maximum Gasteiger partial charge on any atom is 0.410 e. The lowest BCUT2D eigenvalue weighted by Crippen LogP contribution is -2.61. The molecule has 1 atom stereocenters. The van der Waals surface area contributed by atoms with Crippen molar-refractivity contribution in [2.75, 3.05) is 31.1 Å². The van der Waals surface area contributed by atoms with Crippen molar-refractivity contribution in [3.8, 4) is 5.82 Å². The highest BCUT2D eigenvalue weighted by atomic mass is 16.6. The van der Waals surface area contributed by atoms with Crippen LogP contribution in [0.1, 0.15) is 13.3 Å². The zero-order chi connectivity index (χ0) is 15.9. The highest BCUT2D eigenvalue weighted by molar-refractivity contribution is 5.72. The molecule has 4 rings (SSSR count). The van der Waals surface area contributed by atoms with E-state index in [0.29, 0.717) is 19.7 Å². The summed E-state index contributed by atoms with van der Waals surface area (Å²) in [7, 11) is 0. The van der Waals surface area contributed by atoms with Crippen molar-refractivity contribution >= 4 is 11.9 Å². The van der Waals surface area contributed by atoms with Gasteiger partial charge < -0.3 is 9.64 Å². The lowest BCUT2D eigenvalue weighted by Gasteiger charge is -2.44. The molecule has 0 aromatic carbocycles. The normalized spacial score (nSPS) is 23.8. The fourth-order valence-electron chi connectivity index (χ4n) is 3.30. The van der Waals surface area contributed by atoms with Gasteiger partial charge in [0, 0.05) is 38.1 Å². The molecule has 8 nitrogen and oxygen atoms in total. The SMILES string of the molecule is CCC12COC(=O)N1CCN(c1cc(-n3cccn3)ncn1)C2. The molecule has 23 heavy (non-hydrogen) atoms. The number of carbonyl (C=O) groups excluding carboxylic acids is 1. The van der Waals surface area contributed by atoms with E-state index in [4.69, 9.17) is 4.74 Å². The average Bonchev–Trinajstić information content (AvgIpc) is 3.24. The smallest absolute Gasteiger partial charge is 0.410 e. The van der Waals surface area contributed by atoms with Crippen molar-refractivity contribution in [3.05, 3.63) is 30.9 Å². The van der Waals surface area contributed by atoms with Gasteiger partial charge in [0.05, 0.1) is 5.54 Å². The van der Waals surface area contributed by atoms with Crippen molar-refractivity contribution < 1.29 is 9.53 Å². The highest BCUT2D eigenvalue weighted by Crippen LogP contribution is 2.33. The fourth-order valence-corrected chi connectivity index (χ4v) is 3.30. The van der Waals surface area contributed by atoms with Gasteiger partial charge in [-0.15, -0.1) is 0 Å². The Balaban J connectivity index is 1.62. The van der Waals surface area contributed by atoms with E-state index in [1.165, 1.54) is 0 Å². The molecule has 4 heterocycles. The molecule has 0 N–H and O–H groups in total. The van der Waals surface area contributed by atoms with E-state index in [-0.39, 0.29) is 11.6 Å². The maximum absolute atomic E-state index is 11.9. The summed E-state index contributed by atoms with van der Waals surface area (Å²) in [6, 6.07) is 3.78. The summed E-state index contributed by atoms with van der Waals surface area (Å²) in [4.78, 5) is 24.6. The van der Waals surface area contributed by atoms with Crippen LogP contribution in [0.2, 0.25) is 0 Å². The van der Waals surface area contributed by atoms with E-state index >= 15 is 0 Å². The number of anilines is 1. The standard InChI is InChI=1S/C15H18N6O2/c1-2-15-9-19(6-7-20(15)14(22)23-10-15)12-8-13(17-11-16-12)21-5-3-4-18-21/h3-5,8,11H,2,6-7,9-10H2,1H3. The molecule has 0 spiro atoms. The predicted molar refractivity (Wildman–Crippen MR) is 82.4 cm³/mol. The van der Waals surface area contributed by atoms with Crippen molar-refractivity contribution in [1.29, 1.82) is 0 Å². The summed E-state index contributed by atoms with van der Waals surface area (Å²) < 4.78 is 6.98. The maximum atomic E-state index is 11.9. The molecule has 0 bridgehead atoms. The molecule has 1 amide bonds. The summed E-state index contributed by atoms with van der Waals surface area (Å²) in [6.07, 6.45) is 5.77. The van der Waals surface area contributed by atoms with Gasteiger partial charge in [-0.25, -0.2) is 19.4 Å². The van der Waals surface area contributed by atoms with Crippen molar-refractivity contribution in [3.63, 3.8) is 0 Å². The molecule has 2 aromatic rings. The first kappa shape index (κ1) is 14.0. The van der Waals surface area contributed by atoms with Gasteiger partial charge in [-0.2, -0.15) is 5.10 Å². The zero-order valence-electron chi connectivity index (χ0n) is 12.9. The topological polar surface area (TPSA) is 76.4 Å². The molecule has 0 aliphatic carbocycles. The summed E-state index contributed by atoms with van der Waals surface area (Å²) in [5, 5.41) is 4.20. The van der Waals surface area contributed by atoms with E-state index in [0.717, 1.165) is 24.6 Å². The van der Waals surface area contributed by atoms with Crippen LogP contribution in [-0.4, -0.2) is 62.5 Å². The number of aromatic nitrogens is 4. The molecule has 2 aliphatic rings. The molecule has 8 heteroatoms. The first-order chi connectivity index (χ1) is 11.2. The molecular weight excluding hydrogens is 296 g/mol. The third-order valence-electron chi connectivity index (χ3n) is 4.70. The number of cyclic esters (lactones) is 1. The number of hydrogen-bond acceptors (Lipinski definition) is 6. The Morgan fingerprint density at radius 2 is 2.17 bits per heavy atom. The lowest BCUT2D eigenvalue weighted by molar-refractivity contribution is 0.137. The summed E-state index contributed by atoms with van der Waals surface area (Å²) in [5.41, 5.74) is -0.258. The third kappa shape index (κ3) is 2.21. The van der Waals surface area contributed by atoms with E-state index in [2.05, 4.69) is 26.9 Å². The van der Waals surface area contributed by atoms with Gasteiger partial charge in [0.2, 0.25) is 0 Å². The van der Waals surface area contributed by atoms with E-state index in [9.17, 15) is 4.79 Å². The highest BCUT2D eigenvalue weighted by Gasteiger charge is 2.49. The Morgan fingerprint density at radius 1 is 1.30 bits per heavy atom. The second kappa shape index (κ2) is 5.22.